The van der Waals surface area contributed by atoms with Crippen molar-refractivity contribution >= 4 is 0 Å². The first kappa shape index (κ1) is 12.3. The quantitative estimate of drug-likeness (QED) is 0.779. The molecule has 2 heteroatoms. The van der Waals surface area contributed by atoms with Gasteiger partial charge in [-0.15, -0.1) is 0 Å². The first-order valence-electron chi connectivity index (χ1n) is 6.55. The van der Waals surface area contributed by atoms with Gasteiger partial charge in [0.05, 0.1) is 13.2 Å². The Morgan fingerprint density at radius 2 is 1.82 bits per heavy atom. The summed E-state index contributed by atoms with van der Waals surface area (Å²) in [5.41, 5.74) is 1.30. The van der Waals surface area contributed by atoms with Gasteiger partial charge in [0.1, 0.15) is 0 Å². The lowest BCUT2D eigenvalue weighted by Crippen LogP contribution is -2.11. The average Bonchev–Trinajstić information content (AvgIpc) is 2.81. The fourth-order valence-electron chi connectivity index (χ4n) is 2.33. The molecule has 1 aromatic carbocycles. The van der Waals surface area contributed by atoms with Crippen LogP contribution in [-0.4, -0.2) is 13.2 Å². The van der Waals surface area contributed by atoms with Gasteiger partial charge in [0.25, 0.3) is 0 Å². The lowest BCUT2D eigenvalue weighted by Gasteiger charge is -2.17. The number of methoxy groups -OCH3 is 1. The van der Waals surface area contributed by atoms with Crippen molar-refractivity contribution in [3.63, 3.8) is 0 Å². The number of ether oxygens (including phenoxy) is 2. The van der Waals surface area contributed by atoms with Crippen LogP contribution in [0.15, 0.2) is 18.2 Å². The van der Waals surface area contributed by atoms with Crippen molar-refractivity contribution in [3.8, 4) is 11.5 Å². The van der Waals surface area contributed by atoms with Crippen LogP contribution in [0.5, 0.6) is 11.5 Å². The molecule has 0 atom stereocenters. The van der Waals surface area contributed by atoms with Crippen LogP contribution in [-0.2, 0) is 0 Å². The topological polar surface area (TPSA) is 18.5 Å². The molecule has 94 valence electrons. The van der Waals surface area contributed by atoms with Gasteiger partial charge in [0, 0.05) is 0 Å². The van der Waals surface area contributed by atoms with E-state index in [1.165, 1.54) is 31.2 Å². The Morgan fingerprint density at radius 1 is 1.12 bits per heavy atom. The zero-order valence-corrected chi connectivity index (χ0v) is 11.0. The van der Waals surface area contributed by atoms with E-state index in [-0.39, 0.29) is 0 Å². The Balaban J connectivity index is 2.19. The highest BCUT2D eigenvalue weighted by Crippen LogP contribution is 2.34. The maximum atomic E-state index is 6.06. The van der Waals surface area contributed by atoms with Crippen molar-refractivity contribution in [2.45, 2.75) is 51.6 Å². The molecule has 0 N–H and O–H groups in total. The van der Waals surface area contributed by atoms with E-state index in [0.717, 1.165) is 11.5 Å². The summed E-state index contributed by atoms with van der Waals surface area (Å²) in [5, 5.41) is 0. The monoisotopic (exact) mass is 234 g/mol. The molecule has 0 amide bonds. The van der Waals surface area contributed by atoms with Gasteiger partial charge in [-0.25, -0.2) is 0 Å². The summed E-state index contributed by atoms with van der Waals surface area (Å²) < 4.78 is 11.4. The summed E-state index contributed by atoms with van der Waals surface area (Å²) in [6, 6.07) is 6.26. The minimum atomic E-state index is 0.381. The number of hydrogen-bond donors (Lipinski definition) is 0. The number of rotatable bonds is 4. The van der Waals surface area contributed by atoms with Crippen molar-refractivity contribution in [2.24, 2.45) is 0 Å². The predicted molar refractivity (Wildman–Crippen MR) is 70.0 cm³/mol. The highest BCUT2D eigenvalue weighted by molar-refractivity contribution is 5.44. The minimum Gasteiger partial charge on any atom is -0.493 e. The highest BCUT2D eigenvalue weighted by Gasteiger charge is 2.18. The summed E-state index contributed by atoms with van der Waals surface area (Å²) in [5.74, 6) is 2.28. The molecule has 2 nitrogen and oxygen atoms in total. The lowest BCUT2D eigenvalue weighted by atomic mass is 10.0. The van der Waals surface area contributed by atoms with Gasteiger partial charge in [0.15, 0.2) is 11.5 Å². The second-order valence-corrected chi connectivity index (χ2v) is 5.09. The van der Waals surface area contributed by atoms with Crippen LogP contribution in [0.25, 0.3) is 0 Å². The van der Waals surface area contributed by atoms with Gasteiger partial charge in [0.2, 0.25) is 0 Å². The molecule has 1 aliphatic carbocycles. The van der Waals surface area contributed by atoms with Crippen LogP contribution in [0.2, 0.25) is 0 Å². The smallest absolute Gasteiger partial charge is 0.161 e. The molecule has 0 saturated heterocycles. The van der Waals surface area contributed by atoms with Crippen LogP contribution in [0.3, 0.4) is 0 Å². The first-order chi connectivity index (χ1) is 8.20. The van der Waals surface area contributed by atoms with E-state index >= 15 is 0 Å². The van der Waals surface area contributed by atoms with E-state index in [4.69, 9.17) is 9.47 Å². The van der Waals surface area contributed by atoms with Crippen LogP contribution in [0.1, 0.15) is 51.0 Å². The fourth-order valence-corrected chi connectivity index (χ4v) is 2.33. The lowest BCUT2D eigenvalue weighted by molar-refractivity contribution is 0.200. The van der Waals surface area contributed by atoms with E-state index in [1.54, 1.807) is 7.11 Å². The van der Waals surface area contributed by atoms with Crippen molar-refractivity contribution in [1.29, 1.82) is 0 Å². The maximum absolute atomic E-state index is 6.06. The molecule has 0 bridgehead atoms. The molecule has 0 spiro atoms. The van der Waals surface area contributed by atoms with Crippen LogP contribution < -0.4 is 9.47 Å². The molecule has 17 heavy (non-hydrogen) atoms. The molecule has 1 saturated carbocycles. The average molecular weight is 234 g/mol. The van der Waals surface area contributed by atoms with Gasteiger partial charge in [-0.05, 0) is 49.3 Å². The van der Waals surface area contributed by atoms with Crippen molar-refractivity contribution in [2.75, 3.05) is 7.11 Å². The number of benzene rings is 1. The summed E-state index contributed by atoms with van der Waals surface area (Å²) in [7, 11) is 1.70. The van der Waals surface area contributed by atoms with Crippen LogP contribution in [0.4, 0.5) is 0 Å². The Morgan fingerprint density at radius 3 is 2.41 bits per heavy atom. The van der Waals surface area contributed by atoms with E-state index < -0.39 is 0 Å². The normalized spacial score (nSPS) is 16.5. The molecule has 1 fully saturated rings. The molecule has 0 unspecified atom stereocenters. The van der Waals surface area contributed by atoms with E-state index in [0.29, 0.717) is 12.0 Å². The molecule has 0 aliphatic heterocycles. The van der Waals surface area contributed by atoms with Crippen LogP contribution in [0, 0.1) is 0 Å². The Labute approximate surface area is 104 Å². The van der Waals surface area contributed by atoms with Crippen molar-refractivity contribution < 1.29 is 9.47 Å². The standard InChI is InChI=1S/C15H22O2/c1-11(2)12-8-9-14(16-3)15(10-12)17-13-6-4-5-7-13/h8-11,13H,4-7H2,1-3H3. The van der Waals surface area contributed by atoms with Crippen LogP contribution >= 0.6 is 0 Å². The van der Waals surface area contributed by atoms with Crippen molar-refractivity contribution in [1.82, 2.24) is 0 Å². The largest absolute Gasteiger partial charge is 0.493 e. The summed E-state index contributed by atoms with van der Waals surface area (Å²) in [4.78, 5) is 0. The number of hydrogen-bond acceptors (Lipinski definition) is 2. The Kier molecular flexibility index (Phi) is 3.93. The molecule has 0 heterocycles. The second-order valence-electron chi connectivity index (χ2n) is 5.09. The Hall–Kier alpha value is -1.18. The summed E-state index contributed by atoms with van der Waals surface area (Å²) in [6.07, 6.45) is 5.31. The minimum absolute atomic E-state index is 0.381. The molecular formula is C15H22O2. The third-order valence-electron chi connectivity index (χ3n) is 3.45. The first-order valence-corrected chi connectivity index (χ1v) is 6.55. The zero-order chi connectivity index (χ0) is 12.3. The molecule has 1 aromatic rings. The van der Waals surface area contributed by atoms with Gasteiger partial charge >= 0.3 is 0 Å². The summed E-state index contributed by atoms with van der Waals surface area (Å²) in [6.45, 7) is 4.39. The van der Waals surface area contributed by atoms with E-state index in [9.17, 15) is 0 Å². The molecular weight excluding hydrogens is 212 g/mol. The zero-order valence-electron chi connectivity index (χ0n) is 11.0. The van der Waals surface area contributed by atoms with Gasteiger partial charge in [-0.3, -0.25) is 0 Å². The summed E-state index contributed by atoms with van der Waals surface area (Å²) >= 11 is 0. The third-order valence-corrected chi connectivity index (χ3v) is 3.45. The van der Waals surface area contributed by atoms with Gasteiger partial charge in [-0.2, -0.15) is 0 Å². The van der Waals surface area contributed by atoms with E-state index in [2.05, 4.69) is 26.0 Å². The molecule has 2 rings (SSSR count). The Bertz CT molecular complexity index is 365. The highest BCUT2D eigenvalue weighted by atomic mass is 16.5. The predicted octanol–water partition coefficient (Wildman–Crippen LogP) is 4.14. The SMILES string of the molecule is COc1ccc(C(C)C)cc1OC1CCCC1. The molecule has 1 aliphatic rings. The fraction of sp³-hybridized carbons (Fsp3) is 0.600. The van der Waals surface area contributed by atoms with Gasteiger partial charge < -0.3 is 9.47 Å². The molecule has 0 aromatic heterocycles. The maximum Gasteiger partial charge on any atom is 0.161 e. The molecule has 0 radical (unpaired) electrons. The second kappa shape index (κ2) is 5.44. The third kappa shape index (κ3) is 2.93. The van der Waals surface area contributed by atoms with Crippen molar-refractivity contribution in [3.05, 3.63) is 23.8 Å². The van der Waals surface area contributed by atoms with Gasteiger partial charge in [-0.1, -0.05) is 19.9 Å². The van der Waals surface area contributed by atoms with E-state index in [1.807, 2.05) is 6.07 Å².